The van der Waals surface area contributed by atoms with Gasteiger partial charge in [0.1, 0.15) is 0 Å². The van der Waals surface area contributed by atoms with Crippen LogP contribution in [-0.4, -0.2) is 42.0 Å². The topological polar surface area (TPSA) is 81.9 Å². The smallest absolute Gasteiger partial charge is 0.273 e. The van der Waals surface area contributed by atoms with Crippen LogP contribution in [0.2, 0.25) is 0 Å². The summed E-state index contributed by atoms with van der Waals surface area (Å²) in [5.74, 6) is 0.476. The normalized spacial score (nSPS) is 16.3. The molecule has 1 aliphatic rings. The maximum Gasteiger partial charge on any atom is 0.273 e. The Morgan fingerprint density at radius 3 is 2.43 bits per heavy atom. The molecule has 0 N–H and O–H groups in total. The molecule has 1 fully saturated rings. The first kappa shape index (κ1) is 17.1. The van der Waals surface area contributed by atoms with Crippen molar-refractivity contribution in [1.29, 1.82) is 0 Å². The Morgan fingerprint density at radius 1 is 1.22 bits per heavy atom. The van der Waals surface area contributed by atoms with Gasteiger partial charge in [-0.1, -0.05) is 12.8 Å². The van der Waals surface area contributed by atoms with Crippen LogP contribution in [0.25, 0.3) is 0 Å². The van der Waals surface area contributed by atoms with E-state index in [0.717, 1.165) is 38.8 Å². The molecule has 0 radical (unpaired) electrons. The van der Waals surface area contributed by atoms with Crippen LogP contribution >= 0.6 is 0 Å². The van der Waals surface area contributed by atoms with Crippen LogP contribution in [0.15, 0.2) is 18.2 Å². The van der Waals surface area contributed by atoms with Crippen molar-refractivity contribution >= 4 is 11.6 Å². The number of hydrogen-bond acceptors (Lipinski definition) is 5. The predicted octanol–water partition coefficient (Wildman–Crippen LogP) is 2.77. The lowest BCUT2D eigenvalue weighted by atomic mass is 10.2. The first-order valence-corrected chi connectivity index (χ1v) is 7.81. The van der Waals surface area contributed by atoms with Gasteiger partial charge in [0.25, 0.3) is 11.6 Å². The summed E-state index contributed by atoms with van der Waals surface area (Å²) in [6.07, 6.45) is 3.55. The second-order valence-electron chi connectivity index (χ2n) is 5.59. The van der Waals surface area contributed by atoms with Gasteiger partial charge in [0.2, 0.25) is 0 Å². The Bertz CT molecular complexity index is 568. The van der Waals surface area contributed by atoms with E-state index in [2.05, 4.69) is 0 Å². The van der Waals surface area contributed by atoms with Crippen molar-refractivity contribution < 1.29 is 19.2 Å². The van der Waals surface area contributed by atoms with Gasteiger partial charge in [-0.25, -0.2) is 0 Å². The number of non-ortho nitro benzene ring substituents is 1. The highest BCUT2D eigenvalue weighted by atomic mass is 16.6. The summed E-state index contributed by atoms with van der Waals surface area (Å²) in [7, 11) is 1.45. The zero-order valence-electron chi connectivity index (χ0n) is 13.5. The largest absolute Gasteiger partial charge is 0.493 e. The van der Waals surface area contributed by atoms with E-state index in [9.17, 15) is 14.9 Å². The lowest BCUT2D eigenvalue weighted by molar-refractivity contribution is -0.385. The third kappa shape index (κ3) is 4.34. The fourth-order valence-electron chi connectivity index (χ4n) is 2.66. The fourth-order valence-corrected chi connectivity index (χ4v) is 2.66. The molecule has 126 valence electrons. The summed E-state index contributed by atoms with van der Waals surface area (Å²) in [4.78, 5) is 24.7. The number of likely N-dealkylation sites (tertiary alicyclic amines) is 1. The Kier molecular flexibility index (Phi) is 5.78. The van der Waals surface area contributed by atoms with E-state index in [-0.39, 0.29) is 17.3 Å². The number of carbonyl (C=O) groups excluding carboxylic acids is 1. The first-order valence-electron chi connectivity index (χ1n) is 7.81. The fraction of sp³-hybridized carbons (Fsp3) is 0.562. The van der Waals surface area contributed by atoms with Gasteiger partial charge in [0, 0.05) is 19.2 Å². The Balaban J connectivity index is 2.11. The average Bonchev–Trinajstić information content (AvgIpc) is 2.83. The molecule has 0 aliphatic carbocycles. The third-order valence-electron chi connectivity index (χ3n) is 3.93. The monoisotopic (exact) mass is 322 g/mol. The standard InChI is InChI=1S/C16H22N2O5/c1-12(16(19)17-9-5-3-4-6-10-17)23-15-11-13(18(20)21)7-8-14(15)22-2/h7-8,11-12H,3-6,9-10H2,1-2H3/t12-/m1/s1. The number of carbonyl (C=O) groups is 1. The summed E-state index contributed by atoms with van der Waals surface area (Å²) in [5, 5.41) is 10.9. The van der Waals surface area contributed by atoms with E-state index < -0.39 is 11.0 Å². The zero-order chi connectivity index (χ0) is 16.8. The number of rotatable bonds is 5. The van der Waals surface area contributed by atoms with E-state index >= 15 is 0 Å². The summed E-state index contributed by atoms with van der Waals surface area (Å²) >= 11 is 0. The summed E-state index contributed by atoms with van der Waals surface area (Å²) < 4.78 is 10.8. The van der Waals surface area contributed by atoms with Crippen LogP contribution < -0.4 is 9.47 Å². The second kappa shape index (κ2) is 7.80. The van der Waals surface area contributed by atoms with Gasteiger partial charge in [-0.3, -0.25) is 14.9 Å². The minimum Gasteiger partial charge on any atom is -0.493 e. The van der Waals surface area contributed by atoms with Gasteiger partial charge in [0.15, 0.2) is 17.6 Å². The quantitative estimate of drug-likeness (QED) is 0.615. The lowest BCUT2D eigenvalue weighted by Crippen LogP contribution is -2.41. The molecule has 7 heteroatoms. The van der Waals surface area contributed by atoms with Gasteiger partial charge < -0.3 is 14.4 Å². The number of nitro benzene ring substituents is 1. The van der Waals surface area contributed by atoms with Crippen LogP contribution in [-0.2, 0) is 4.79 Å². The zero-order valence-corrected chi connectivity index (χ0v) is 13.5. The maximum atomic E-state index is 12.5. The molecule has 0 aromatic heterocycles. The number of methoxy groups -OCH3 is 1. The summed E-state index contributed by atoms with van der Waals surface area (Å²) in [6.45, 7) is 3.13. The number of benzene rings is 1. The van der Waals surface area contributed by atoms with Gasteiger partial charge in [-0.15, -0.1) is 0 Å². The molecule has 0 unspecified atom stereocenters. The second-order valence-corrected chi connectivity index (χ2v) is 5.59. The molecule has 1 aliphatic heterocycles. The molecule has 1 aromatic rings. The number of nitro groups is 1. The molecule has 1 heterocycles. The van der Waals surface area contributed by atoms with E-state index in [1.165, 1.54) is 25.3 Å². The number of amides is 1. The SMILES string of the molecule is COc1ccc([N+](=O)[O-])cc1O[C@H](C)C(=O)N1CCCCCC1. The highest BCUT2D eigenvalue weighted by Crippen LogP contribution is 2.32. The van der Waals surface area contributed by atoms with Crippen molar-refractivity contribution in [3.63, 3.8) is 0 Å². The van der Waals surface area contributed by atoms with E-state index in [1.54, 1.807) is 6.92 Å². The van der Waals surface area contributed by atoms with Gasteiger partial charge >= 0.3 is 0 Å². The summed E-state index contributed by atoms with van der Waals surface area (Å²) in [6, 6.07) is 4.09. The molecular weight excluding hydrogens is 300 g/mol. The summed E-state index contributed by atoms with van der Waals surface area (Å²) in [5.41, 5.74) is -0.102. The highest BCUT2D eigenvalue weighted by Gasteiger charge is 2.24. The van der Waals surface area contributed by atoms with Gasteiger partial charge in [-0.2, -0.15) is 0 Å². The van der Waals surface area contributed by atoms with Crippen LogP contribution in [0.1, 0.15) is 32.6 Å². The van der Waals surface area contributed by atoms with Crippen LogP contribution in [0.4, 0.5) is 5.69 Å². The van der Waals surface area contributed by atoms with Crippen molar-refractivity contribution in [2.75, 3.05) is 20.2 Å². The Labute approximate surface area is 135 Å². The molecule has 1 saturated heterocycles. The molecule has 1 amide bonds. The van der Waals surface area contributed by atoms with Crippen LogP contribution in [0.3, 0.4) is 0 Å². The Hall–Kier alpha value is -2.31. The molecule has 2 rings (SSSR count). The number of nitrogens with zero attached hydrogens (tertiary/aromatic N) is 2. The van der Waals surface area contributed by atoms with Crippen LogP contribution in [0.5, 0.6) is 11.5 Å². The predicted molar refractivity (Wildman–Crippen MR) is 84.8 cm³/mol. The van der Waals surface area contributed by atoms with Crippen molar-refractivity contribution in [3.8, 4) is 11.5 Å². The molecule has 0 spiro atoms. The van der Waals surface area contributed by atoms with E-state index in [0.29, 0.717) is 5.75 Å². The maximum absolute atomic E-state index is 12.5. The van der Waals surface area contributed by atoms with Gasteiger partial charge in [-0.05, 0) is 25.8 Å². The van der Waals surface area contributed by atoms with Crippen molar-refractivity contribution in [3.05, 3.63) is 28.3 Å². The molecule has 0 saturated carbocycles. The Morgan fingerprint density at radius 2 is 1.87 bits per heavy atom. The lowest BCUT2D eigenvalue weighted by Gasteiger charge is -2.25. The third-order valence-corrected chi connectivity index (χ3v) is 3.93. The number of hydrogen-bond donors (Lipinski definition) is 0. The van der Waals surface area contributed by atoms with E-state index in [4.69, 9.17) is 9.47 Å². The van der Waals surface area contributed by atoms with E-state index in [1.807, 2.05) is 4.90 Å². The molecule has 1 atom stereocenters. The van der Waals surface area contributed by atoms with Crippen molar-refractivity contribution in [1.82, 2.24) is 4.90 Å². The molecule has 23 heavy (non-hydrogen) atoms. The molecule has 0 bridgehead atoms. The first-order chi connectivity index (χ1) is 11.0. The van der Waals surface area contributed by atoms with Crippen LogP contribution in [0, 0.1) is 10.1 Å². The number of ether oxygens (including phenoxy) is 2. The molecule has 7 nitrogen and oxygen atoms in total. The molecule has 1 aromatic carbocycles. The van der Waals surface area contributed by atoms with Gasteiger partial charge in [0.05, 0.1) is 18.1 Å². The van der Waals surface area contributed by atoms with Crippen molar-refractivity contribution in [2.45, 2.75) is 38.7 Å². The van der Waals surface area contributed by atoms with Crippen molar-refractivity contribution in [2.24, 2.45) is 0 Å². The minimum absolute atomic E-state index is 0.0968. The average molecular weight is 322 g/mol. The minimum atomic E-state index is -0.719. The highest BCUT2D eigenvalue weighted by molar-refractivity contribution is 5.81. The molecular formula is C16H22N2O5.